The van der Waals surface area contributed by atoms with E-state index in [1.54, 1.807) is 0 Å². The van der Waals surface area contributed by atoms with Crippen molar-refractivity contribution in [3.63, 3.8) is 0 Å². The van der Waals surface area contributed by atoms with Gasteiger partial charge in [0.15, 0.2) is 0 Å². The van der Waals surface area contributed by atoms with Gasteiger partial charge in [0.1, 0.15) is 0 Å². The molecule has 0 aromatic heterocycles. The molecule has 3 saturated carbocycles. The van der Waals surface area contributed by atoms with E-state index in [1.165, 1.54) is 44.1 Å². The first-order valence-corrected chi connectivity index (χ1v) is 12.7. The molecule has 0 bridgehead atoms. The fraction of sp³-hybridized carbons (Fsp3) is 0.926. The minimum absolute atomic E-state index is 0.0430. The first-order valence-electron chi connectivity index (χ1n) is 12.7. The van der Waals surface area contributed by atoms with Crippen molar-refractivity contribution < 1.29 is 10.2 Å². The molecule has 4 aliphatic rings. The van der Waals surface area contributed by atoms with Gasteiger partial charge in [-0.15, -0.1) is 0 Å². The van der Waals surface area contributed by atoms with Crippen molar-refractivity contribution in [3.8, 4) is 0 Å². The van der Waals surface area contributed by atoms with E-state index in [9.17, 15) is 10.2 Å². The van der Waals surface area contributed by atoms with Crippen LogP contribution in [-0.4, -0.2) is 21.9 Å². The summed E-state index contributed by atoms with van der Waals surface area (Å²) in [7, 11) is 0. The van der Waals surface area contributed by atoms with Crippen molar-refractivity contribution in [3.05, 3.63) is 11.6 Å². The van der Waals surface area contributed by atoms with E-state index in [0.717, 1.165) is 49.9 Å². The maximum absolute atomic E-state index is 12.2. The first-order chi connectivity index (χ1) is 13.6. The van der Waals surface area contributed by atoms with Crippen molar-refractivity contribution >= 4 is 0 Å². The lowest BCUT2D eigenvalue weighted by Crippen LogP contribution is -2.61. The maximum Gasteiger partial charge on any atom is 0.0915 e. The van der Waals surface area contributed by atoms with Crippen LogP contribution in [-0.2, 0) is 0 Å². The Morgan fingerprint density at radius 1 is 1.03 bits per heavy atom. The van der Waals surface area contributed by atoms with E-state index < -0.39 is 5.60 Å². The molecule has 0 amide bonds. The summed E-state index contributed by atoms with van der Waals surface area (Å²) < 4.78 is 0. The summed E-state index contributed by atoms with van der Waals surface area (Å²) in [5.74, 6) is 3.44. The van der Waals surface area contributed by atoms with Crippen LogP contribution in [0.3, 0.4) is 0 Å². The smallest absolute Gasteiger partial charge is 0.0915 e. The predicted octanol–water partition coefficient (Wildman–Crippen LogP) is 6.50. The Balaban J connectivity index is 1.55. The third-order valence-corrected chi connectivity index (χ3v) is 10.4. The van der Waals surface area contributed by atoms with Crippen molar-refractivity contribution in [2.45, 2.75) is 117 Å². The van der Waals surface area contributed by atoms with Crippen LogP contribution in [0.25, 0.3) is 0 Å². The molecule has 8 atom stereocenters. The molecular formula is C27H46O2. The summed E-state index contributed by atoms with van der Waals surface area (Å²) in [6.07, 6.45) is 14.9. The predicted molar refractivity (Wildman–Crippen MR) is 121 cm³/mol. The molecule has 166 valence electrons. The minimum Gasteiger partial charge on any atom is -0.393 e. The third-order valence-electron chi connectivity index (χ3n) is 10.4. The lowest BCUT2D eigenvalue weighted by atomic mass is 9.45. The highest BCUT2D eigenvalue weighted by Crippen LogP contribution is 2.68. The second-order valence-electron chi connectivity index (χ2n) is 12.3. The lowest BCUT2D eigenvalue weighted by Gasteiger charge is -2.62. The van der Waals surface area contributed by atoms with E-state index in [-0.39, 0.29) is 11.5 Å². The number of fused-ring (bicyclic) bond motifs is 5. The van der Waals surface area contributed by atoms with Gasteiger partial charge in [-0.25, -0.2) is 0 Å². The van der Waals surface area contributed by atoms with Gasteiger partial charge in [-0.05, 0) is 91.9 Å². The molecule has 0 aliphatic heterocycles. The minimum atomic E-state index is -0.629. The quantitative estimate of drug-likeness (QED) is 0.515. The van der Waals surface area contributed by atoms with E-state index >= 15 is 0 Å². The van der Waals surface area contributed by atoms with Crippen LogP contribution in [0.15, 0.2) is 11.6 Å². The van der Waals surface area contributed by atoms with Crippen molar-refractivity contribution in [1.29, 1.82) is 0 Å². The molecule has 2 nitrogen and oxygen atoms in total. The van der Waals surface area contributed by atoms with Crippen molar-refractivity contribution in [2.24, 2.45) is 40.4 Å². The van der Waals surface area contributed by atoms with Gasteiger partial charge in [-0.3, -0.25) is 0 Å². The zero-order chi connectivity index (χ0) is 21.0. The second-order valence-corrected chi connectivity index (χ2v) is 12.3. The highest BCUT2D eigenvalue weighted by Gasteiger charge is 2.64. The summed E-state index contributed by atoms with van der Waals surface area (Å²) in [6.45, 7) is 12.1. The number of rotatable bonds is 5. The van der Waals surface area contributed by atoms with Gasteiger partial charge in [0, 0.05) is 5.41 Å². The number of allylic oxidation sites excluding steroid dienone is 1. The second kappa shape index (κ2) is 7.66. The summed E-state index contributed by atoms with van der Waals surface area (Å²) in [5, 5.41) is 22.4. The fourth-order valence-electron chi connectivity index (χ4n) is 8.47. The summed E-state index contributed by atoms with van der Waals surface area (Å²) in [4.78, 5) is 0. The van der Waals surface area contributed by atoms with Crippen LogP contribution in [0, 0.1) is 40.4 Å². The van der Waals surface area contributed by atoms with Crippen molar-refractivity contribution in [1.82, 2.24) is 0 Å². The van der Waals surface area contributed by atoms with Crippen LogP contribution < -0.4 is 0 Å². The fourth-order valence-corrected chi connectivity index (χ4v) is 8.47. The molecule has 0 aromatic carbocycles. The molecule has 3 fully saturated rings. The molecule has 0 heterocycles. The monoisotopic (exact) mass is 402 g/mol. The molecule has 0 unspecified atom stereocenters. The van der Waals surface area contributed by atoms with Crippen LogP contribution in [0.4, 0.5) is 0 Å². The largest absolute Gasteiger partial charge is 0.393 e. The molecule has 2 heteroatoms. The Kier molecular flexibility index (Phi) is 5.78. The summed E-state index contributed by atoms with van der Waals surface area (Å²) >= 11 is 0. The standard InChI is InChI=1S/C27H46O2/c1-18(2)7-6-8-19(3)22-11-12-23-24-10-9-20-17-21(28)13-14-26(20,5)27(24,29)16-15-25(22,23)4/h10,18-23,28-29H,6-9,11-17H2,1-5H3/t19-,20+,21+,22-,23+,25-,26+,27-/m1/s1. The van der Waals surface area contributed by atoms with Gasteiger partial charge in [-0.2, -0.15) is 0 Å². The van der Waals surface area contributed by atoms with Gasteiger partial charge in [0.2, 0.25) is 0 Å². The van der Waals surface area contributed by atoms with Gasteiger partial charge in [0.05, 0.1) is 11.7 Å². The normalized spacial score (nSPS) is 47.9. The topological polar surface area (TPSA) is 40.5 Å². The third kappa shape index (κ3) is 3.36. The molecule has 0 radical (unpaired) electrons. The molecule has 29 heavy (non-hydrogen) atoms. The number of aliphatic hydroxyl groups is 2. The molecule has 0 spiro atoms. The Morgan fingerprint density at radius 2 is 1.79 bits per heavy atom. The van der Waals surface area contributed by atoms with E-state index in [2.05, 4.69) is 40.7 Å². The highest BCUT2D eigenvalue weighted by atomic mass is 16.3. The molecule has 2 N–H and O–H groups in total. The Hall–Kier alpha value is -0.340. The van der Waals surface area contributed by atoms with Crippen LogP contribution in [0.5, 0.6) is 0 Å². The average molecular weight is 403 g/mol. The molecule has 0 aromatic rings. The van der Waals surface area contributed by atoms with Gasteiger partial charge in [-0.1, -0.05) is 60.0 Å². The van der Waals surface area contributed by atoms with Gasteiger partial charge >= 0.3 is 0 Å². The lowest BCUT2D eigenvalue weighted by molar-refractivity contribution is -0.154. The number of aliphatic hydroxyl groups excluding tert-OH is 1. The molecular weight excluding hydrogens is 356 g/mol. The van der Waals surface area contributed by atoms with E-state index in [4.69, 9.17) is 0 Å². The highest BCUT2D eigenvalue weighted by molar-refractivity contribution is 5.35. The molecule has 0 saturated heterocycles. The Morgan fingerprint density at radius 3 is 2.52 bits per heavy atom. The average Bonchev–Trinajstić information content (AvgIpc) is 3.00. The van der Waals surface area contributed by atoms with Gasteiger partial charge in [0.25, 0.3) is 0 Å². The van der Waals surface area contributed by atoms with Gasteiger partial charge < -0.3 is 10.2 Å². The van der Waals surface area contributed by atoms with Crippen LogP contribution in [0.2, 0.25) is 0 Å². The summed E-state index contributed by atoms with van der Waals surface area (Å²) in [6, 6.07) is 0. The first kappa shape index (κ1) is 21.9. The zero-order valence-corrected chi connectivity index (χ0v) is 19.7. The number of hydrogen-bond acceptors (Lipinski definition) is 2. The molecule has 4 aliphatic carbocycles. The SMILES string of the molecule is CC(C)CCC[C@@H](C)[C@H]1CC[C@H]2C3=CC[C@H]4C[C@@H](O)CC[C@]4(C)[C@@]3(O)CC[C@]12C. The zero-order valence-electron chi connectivity index (χ0n) is 19.7. The van der Waals surface area contributed by atoms with Crippen LogP contribution in [0.1, 0.15) is 105 Å². The van der Waals surface area contributed by atoms with E-state index in [0.29, 0.717) is 17.3 Å². The van der Waals surface area contributed by atoms with Crippen molar-refractivity contribution in [2.75, 3.05) is 0 Å². The Labute approximate surface area is 179 Å². The Bertz CT molecular complexity index is 638. The number of hydrogen-bond donors (Lipinski definition) is 2. The van der Waals surface area contributed by atoms with E-state index in [1.807, 2.05) is 0 Å². The summed E-state index contributed by atoms with van der Waals surface area (Å²) in [5.41, 5.74) is 1.11. The molecule has 4 rings (SSSR count). The maximum atomic E-state index is 12.2. The van der Waals surface area contributed by atoms with Crippen LogP contribution >= 0.6 is 0 Å².